The van der Waals surface area contributed by atoms with Crippen LogP contribution in [0.25, 0.3) is 0 Å². The van der Waals surface area contributed by atoms with E-state index in [4.69, 9.17) is 4.74 Å². The number of benzene rings is 2. The van der Waals surface area contributed by atoms with Gasteiger partial charge in [0.2, 0.25) is 11.8 Å². The third-order valence-corrected chi connectivity index (χ3v) is 6.07. The highest BCUT2D eigenvalue weighted by Crippen LogP contribution is 2.43. The first-order valence-corrected chi connectivity index (χ1v) is 10.1. The van der Waals surface area contributed by atoms with Gasteiger partial charge in [0, 0.05) is 24.7 Å². The van der Waals surface area contributed by atoms with Gasteiger partial charge in [-0.15, -0.1) is 0 Å². The first-order chi connectivity index (χ1) is 14.0. The molecular formula is C23H25FN2O3. The SMILES string of the molecule is COc1cc(NC(=O)C2(c3cccc(F)c3)CCCC2)ccc1N1CCCC1=O. The lowest BCUT2D eigenvalue weighted by Gasteiger charge is -2.28. The Morgan fingerprint density at radius 3 is 2.59 bits per heavy atom. The van der Waals surface area contributed by atoms with Gasteiger partial charge in [-0.2, -0.15) is 0 Å². The molecule has 1 N–H and O–H groups in total. The predicted molar refractivity (Wildman–Crippen MR) is 110 cm³/mol. The van der Waals surface area contributed by atoms with E-state index in [0.29, 0.717) is 42.9 Å². The number of carbonyl (C=O) groups is 2. The molecule has 2 amide bonds. The van der Waals surface area contributed by atoms with Gasteiger partial charge in [0.15, 0.2) is 0 Å². The maximum Gasteiger partial charge on any atom is 0.235 e. The molecule has 0 radical (unpaired) electrons. The van der Waals surface area contributed by atoms with Gasteiger partial charge in [-0.05, 0) is 49.1 Å². The Kier molecular flexibility index (Phi) is 5.26. The Morgan fingerprint density at radius 2 is 1.93 bits per heavy atom. The van der Waals surface area contributed by atoms with Crippen molar-refractivity contribution >= 4 is 23.2 Å². The van der Waals surface area contributed by atoms with E-state index in [9.17, 15) is 14.0 Å². The number of carbonyl (C=O) groups excluding carboxylic acids is 2. The molecule has 0 unspecified atom stereocenters. The summed E-state index contributed by atoms with van der Waals surface area (Å²) in [5.74, 6) is 0.163. The van der Waals surface area contributed by atoms with Crippen molar-refractivity contribution in [3.8, 4) is 5.75 Å². The van der Waals surface area contributed by atoms with Crippen LogP contribution in [0.3, 0.4) is 0 Å². The van der Waals surface area contributed by atoms with Crippen molar-refractivity contribution in [2.45, 2.75) is 43.9 Å². The summed E-state index contributed by atoms with van der Waals surface area (Å²) >= 11 is 0. The fraction of sp³-hybridized carbons (Fsp3) is 0.391. The average molecular weight is 396 g/mol. The van der Waals surface area contributed by atoms with E-state index in [2.05, 4.69) is 5.32 Å². The van der Waals surface area contributed by atoms with E-state index < -0.39 is 5.41 Å². The van der Waals surface area contributed by atoms with Crippen molar-refractivity contribution in [1.29, 1.82) is 0 Å². The Labute approximate surface area is 169 Å². The van der Waals surface area contributed by atoms with Crippen molar-refractivity contribution < 1.29 is 18.7 Å². The van der Waals surface area contributed by atoms with Crippen molar-refractivity contribution in [3.63, 3.8) is 0 Å². The predicted octanol–water partition coefficient (Wildman–Crippen LogP) is 4.41. The second kappa shape index (κ2) is 7.85. The molecule has 2 aromatic carbocycles. The molecule has 0 bridgehead atoms. The highest BCUT2D eigenvalue weighted by molar-refractivity contribution is 6.01. The minimum absolute atomic E-state index is 0.0797. The quantitative estimate of drug-likeness (QED) is 0.814. The van der Waals surface area contributed by atoms with Gasteiger partial charge in [0.25, 0.3) is 0 Å². The minimum atomic E-state index is -0.723. The number of hydrogen-bond acceptors (Lipinski definition) is 3. The monoisotopic (exact) mass is 396 g/mol. The summed E-state index contributed by atoms with van der Waals surface area (Å²) in [6.07, 6.45) is 4.63. The molecule has 0 spiro atoms. The lowest BCUT2D eigenvalue weighted by molar-refractivity contribution is -0.121. The number of anilines is 2. The lowest BCUT2D eigenvalue weighted by atomic mass is 9.78. The van der Waals surface area contributed by atoms with Gasteiger partial charge in [0.05, 0.1) is 18.2 Å². The zero-order chi connectivity index (χ0) is 20.4. The fourth-order valence-electron chi connectivity index (χ4n) is 4.54. The van der Waals surface area contributed by atoms with Gasteiger partial charge in [0.1, 0.15) is 11.6 Å². The second-order valence-electron chi connectivity index (χ2n) is 7.79. The van der Waals surface area contributed by atoms with E-state index in [1.165, 1.54) is 12.1 Å². The van der Waals surface area contributed by atoms with E-state index >= 15 is 0 Å². The molecule has 29 heavy (non-hydrogen) atoms. The summed E-state index contributed by atoms with van der Waals surface area (Å²) in [6.45, 7) is 0.670. The number of nitrogens with one attached hydrogen (secondary N) is 1. The summed E-state index contributed by atoms with van der Waals surface area (Å²) in [7, 11) is 1.55. The van der Waals surface area contributed by atoms with Crippen LogP contribution in [-0.4, -0.2) is 25.5 Å². The first kappa shape index (κ1) is 19.4. The first-order valence-electron chi connectivity index (χ1n) is 10.1. The lowest BCUT2D eigenvalue weighted by Crippen LogP contribution is -2.38. The molecule has 2 fully saturated rings. The summed E-state index contributed by atoms with van der Waals surface area (Å²) < 4.78 is 19.3. The molecule has 1 saturated carbocycles. The van der Waals surface area contributed by atoms with Crippen LogP contribution in [0.5, 0.6) is 5.75 Å². The average Bonchev–Trinajstić information content (AvgIpc) is 3.38. The molecule has 0 atom stereocenters. The molecule has 1 heterocycles. The largest absolute Gasteiger partial charge is 0.494 e. The third-order valence-electron chi connectivity index (χ3n) is 6.07. The Bertz CT molecular complexity index is 937. The van der Waals surface area contributed by atoms with E-state index in [0.717, 1.165) is 24.8 Å². The van der Waals surface area contributed by atoms with Crippen LogP contribution in [0.15, 0.2) is 42.5 Å². The van der Waals surface area contributed by atoms with E-state index in [1.807, 2.05) is 6.07 Å². The molecule has 1 aliphatic heterocycles. The van der Waals surface area contributed by atoms with Crippen molar-refractivity contribution in [1.82, 2.24) is 0 Å². The molecule has 152 valence electrons. The highest BCUT2D eigenvalue weighted by Gasteiger charge is 2.43. The minimum Gasteiger partial charge on any atom is -0.494 e. The van der Waals surface area contributed by atoms with Gasteiger partial charge in [-0.1, -0.05) is 25.0 Å². The Hall–Kier alpha value is -2.89. The molecule has 6 heteroatoms. The highest BCUT2D eigenvalue weighted by atomic mass is 19.1. The molecule has 1 saturated heterocycles. The Morgan fingerprint density at radius 1 is 1.14 bits per heavy atom. The van der Waals surface area contributed by atoms with Gasteiger partial charge >= 0.3 is 0 Å². The van der Waals surface area contributed by atoms with Crippen molar-refractivity contribution in [3.05, 3.63) is 53.8 Å². The number of nitrogens with zero attached hydrogens (tertiary/aromatic N) is 1. The van der Waals surface area contributed by atoms with Crippen molar-refractivity contribution in [2.75, 3.05) is 23.9 Å². The topological polar surface area (TPSA) is 58.6 Å². The number of amides is 2. The maximum atomic E-state index is 13.8. The number of rotatable bonds is 5. The molecule has 0 aromatic heterocycles. The molecule has 2 aromatic rings. The van der Waals surface area contributed by atoms with E-state index in [1.54, 1.807) is 36.3 Å². The van der Waals surface area contributed by atoms with Crippen molar-refractivity contribution in [2.24, 2.45) is 0 Å². The molecule has 2 aliphatic rings. The van der Waals surface area contributed by atoms with Gasteiger partial charge in [-0.25, -0.2) is 4.39 Å². The summed E-state index contributed by atoms with van der Waals surface area (Å²) in [5, 5.41) is 3.00. The summed E-state index contributed by atoms with van der Waals surface area (Å²) in [6, 6.07) is 11.7. The smallest absolute Gasteiger partial charge is 0.235 e. The van der Waals surface area contributed by atoms with Gasteiger partial charge in [-0.3, -0.25) is 9.59 Å². The molecule has 4 rings (SSSR count). The number of hydrogen-bond donors (Lipinski definition) is 1. The molecule has 1 aliphatic carbocycles. The Balaban J connectivity index is 1.61. The van der Waals surface area contributed by atoms with Crippen LogP contribution in [0.1, 0.15) is 44.1 Å². The van der Waals surface area contributed by atoms with E-state index in [-0.39, 0.29) is 17.6 Å². The number of ether oxygens (including phenoxy) is 1. The number of halogens is 1. The van der Waals surface area contributed by atoms with Crippen LogP contribution in [0.4, 0.5) is 15.8 Å². The van der Waals surface area contributed by atoms with Crippen LogP contribution in [-0.2, 0) is 15.0 Å². The molecular weight excluding hydrogens is 371 g/mol. The van der Waals surface area contributed by atoms with Crippen LogP contribution >= 0.6 is 0 Å². The standard InChI is InChI=1S/C23H25FN2O3/c1-29-20-15-18(9-10-19(20)26-13-5-8-21(26)27)25-22(28)23(11-2-3-12-23)16-6-4-7-17(24)14-16/h4,6-7,9-10,14-15H,2-3,5,8,11-13H2,1H3,(H,25,28). The summed E-state index contributed by atoms with van der Waals surface area (Å²) in [5.41, 5.74) is 1.32. The molecule has 5 nitrogen and oxygen atoms in total. The number of methoxy groups -OCH3 is 1. The fourth-order valence-corrected chi connectivity index (χ4v) is 4.54. The van der Waals surface area contributed by atoms with Crippen LogP contribution < -0.4 is 15.0 Å². The zero-order valence-electron chi connectivity index (χ0n) is 16.5. The summed E-state index contributed by atoms with van der Waals surface area (Å²) in [4.78, 5) is 27.1. The van der Waals surface area contributed by atoms with Gasteiger partial charge < -0.3 is 15.0 Å². The van der Waals surface area contributed by atoms with Crippen LogP contribution in [0, 0.1) is 5.82 Å². The zero-order valence-corrected chi connectivity index (χ0v) is 16.5. The normalized spacial score (nSPS) is 18.1. The second-order valence-corrected chi connectivity index (χ2v) is 7.79. The third kappa shape index (κ3) is 3.59. The maximum absolute atomic E-state index is 13.8. The van der Waals surface area contributed by atoms with Crippen LogP contribution in [0.2, 0.25) is 0 Å².